The third-order valence-corrected chi connectivity index (χ3v) is 8.57. The van der Waals surface area contributed by atoms with Crippen LogP contribution < -0.4 is 11.1 Å². The van der Waals surface area contributed by atoms with Crippen molar-refractivity contribution in [1.82, 2.24) is 20.2 Å². The molecular formula is C29H32N6O9S2. The molecule has 2 amide bonds. The highest BCUT2D eigenvalue weighted by Gasteiger charge is 2.54. The Bertz CT molecular complexity index is 1570. The predicted octanol–water partition coefficient (Wildman–Crippen LogP) is 2.99. The molecule has 4 rings (SSSR count). The normalized spacial score (nSPS) is 18.5. The molecule has 4 heterocycles. The number of aromatic nitrogens is 2. The van der Waals surface area contributed by atoms with Crippen molar-refractivity contribution in [2.45, 2.75) is 64.3 Å². The summed E-state index contributed by atoms with van der Waals surface area (Å²) < 4.78 is 15.8. The Kier molecular flexibility index (Phi) is 11.5. The molecule has 2 aliphatic heterocycles. The summed E-state index contributed by atoms with van der Waals surface area (Å²) in [5.41, 5.74) is 6.49. The Morgan fingerprint density at radius 2 is 1.96 bits per heavy atom. The van der Waals surface area contributed by atoms with Gasteiger partial charge in [-0.15, -0.1) is 23.1 Å². The van der Waals surface area contributed by atoms with Crippen molar-refractivity contribution in [3.05, 3.63) is 58.5 Å². The monoisotopic (exact) mass is 672 g/mol. The molecule has 1 saturated heterocycles. The number of pyridine rings is 1. The average Bonchev–Trinajstić information content (AvgIpc) is 3.46. The maximum absolute atomic E-state index is 13.5. The number of hydrogen-bond acceptors (Lipinski definition) is 15. The molecule has 2 aliphatic rings. The van der Waals surface area contributed by atoms with Gasteiger partial charge in [0.2, 0.25) is 6.29 Å². The van der Waals surface area contributed by atoms with Crippen LogP contribution in [0.5, 0.6) is 0 Å². The van der Waals surface area contributed by atoms with Gasteiger partial charge in [-0.3, -0.25) is 19.5 Å². The van der Waals surface area contributed by atoms with Crippen LogP contribution in [0.25, 0.3) is 6.08 Å². The maximum atomic E-state index is 13.5. The number of nitrogen functional groups attached to an aromatic ring is 1. The molecule has 3 N–H and O–H groups in total. The zero-order chi connectivity index (χ0) is 33.4. The molecule has 1 unspecified atom stereocenters. The summed E-state index contributed by atoms with van der Waals surface area (Å²) in [7, 11) is 0. The summed E-state index contributed by atoms with van der Waals surface area (Å²) in [6.45, 7) is 6.17. The van der Waals surface area contributed by atoms with E-state index in [9.17, 15) is 24.0 Å². The quantitative estimate of drug-likeness (QED) is 0.0833. The van der Waals surface area contributed by atoms with Gasteiger partial charge in [-0.25, -0.2) is 19.4 Å². The number of anilines is 1. The van der Waals surface area contributed by atoms with Gasteiger partial charge in [0.15, 0.2) is 10.8 Å². The lowest BCUT2D eigenvalue weighted by Crippen LogP contribution is -2.71. The van der Waals surface area contributed by atoms with Crippen molar-refractivity contribution in [2.24, 2.45) is 5.16 Å². The number of rotatable bonds is 12. The van der Waals surface area contributed by atoms with Crippen LogP contribution in [0.15, 0.2) is 52.4 Å². The lowest BCUT2D eigenvalue weighted by atomic mass is 10.0. The summed E-state index contributed by atoms with van der Waals surface area (Å²) >= 11 is 2.34. The van der Waals surface area contributed by atoms with Gasteiger partial charge in [-0.1, -0.05) is 37.2 Å². The fraction of sp³-hybridized carbons (Fsp3) is 0.379. The fourth-order valence-corrected chi connectivity index (χ4v) is 6.20. The zero-order valence-corrected chi connectivity index (χ0v) is 27.0. The Hall–Kier alpha value is -4.77. The number of nitrogens with two attached hydrogens (primary N) is 1. The number of nitrogens with zero attached hydrogens (tertiary/aromatic N) is 4. The standard InChI is InChI=1S/C29H32N6O9S2/c1-5-19(6-2)43-29(40)42-16(4)41-27(39)23-18(10-9-17-8-7-11-31-12-17)13-45-26-22(25(38)35(23)26)33-24(37)21(34-44-15(3)36)20-14-46-28(30)32-20/h7-12,14,16,19,22,26H,5-6,13H2,1-4H3,(H2,30,32)(H,33,37)/b10-9-,34-21-/t16?,22-,26-/m1/s1. The van der Waals surface area contributed by atoms with Gasteiger partial charge in [-0.05, 0) is 30.0 Å². The molecule has 2 aromatic heterocycles. The van der Waals surface area contributed by atoms with Crippen molar-refractivity contribution in [3.8, 4) is 0 Å². The minimum Gasteiger partial charge on any atom is -0.431 e. The van der Waals surface area contributed by atoms with E-state index in [2.05, 4.69) is 25.3 Å². The molecule has 46 heavy (non-hydrogen) atoms. The highest BCUT2D eigenvalue weighted by atomic mass is 32.2. The van der Waals surface area contributed by atoms with Gasteiger partial charge in [-0.2, -0.15) is 0 Å². The van der Waals surface area contributed by atoms with E-state index in [0.29, 0.717) is 18.4 Å². The van der Waals surface area contributed by atoms with Crippen molar-refractivity contribution < 1.29 is 43.0 Å². The average molecular weight is 673 g/mol. The predicted molar refractivity (Wildman–Crippen MR) is 168 cm³/mol. The number of nitrogens with one attached hydrogen (secondary N) is 1. The van der Waals surface area contributed by atoms with E-state index >= 15 is 0 Å². The fourth-order valence-electron chi connectivity index (χ4n) is 4.34. The summed E-state index contributed by atoms with van der Waals surface area (Å²) in [6.07, 6.45) is 5.13. The second-order valence-electron chi connectivity index (χ2n) is 9.85. The number of thioether (sulfide) groups is 1. The Morgan fingerprint density at radius 3 is 2.59 bits per heavy atom. The third kappa shape index (κ3) is 8.28. The van der Waals surface area contributed by atoms with Crippen LogP contribution >= 0.6 is 23.1 Å². The van der Waals surface area contributed by atoms with E-state index < -0.39 is 47.6 Å². The number of esters is 1. The zero-order valence-electron chi connectivity index (χ0n) is 25.3. The molecule has 0 saturated carbocycles. The van der Waals surface area contributed by atoms with Gasteiger partial charge in [0.05, 0.1) is 0 Å². The lowest BCUT2D eigenvalue weighted by molar-refractivity contribution is -0.169. The Balaban J connectivity index is 1.55. The number of carbonyl (C=O) groups is 5. The first-order chi connectivity index (χ1) is 22.0. The molecule has 15 nitrogen and oxygen atoms in total. The van der Waals surface area contributed by atoms with Gasteiger partial charge >= 0.3 is 18.1 Å². The summed E-state index contributed by atoms with van der Waals surface area (Å²) in [5.74, 6) is -2.91. The first-order valence-electron chi connectivity index (χ1n) is 14.1. The summed E-state index contributed by atoms with van der Waals surface area (Å²) in [4.78, 5) is 77.8. The number of hydrogen-bond donors (Lipinski definition) is 2. The topological polar surface area (TPSA) is 202 Å². The minimum atomic E-state index is -1.34. The van der Waals surface area contributed by atoms with Crippen LogP contribution in [-0.4, -0.2) is 80.1 Å². The number of amides is 2. The molecule has 0 radical (unpaired) electrons. The van der Waals surface area contributed by atoms with Crippen LogP contribution in [0.4, 0.5) is 9.93 Å². The number of oxime groups is 1. The molecule has 17 heteroatoms. The third-order valence-electron chi connectivity index (χ3n) is 6.59. The number of ether oxygens (including phenoxy) is 3. The van der Waals surface area contributed by atoms with E-state index in [1.807, 2.05) is 19.9 Å². The SMILES string of the molecule is CCC(CC)OC(=O)OC(C)OC(=O)C1=C(/C=C\c2cccnc2)CS[C@@H]2[C@H](NC(=O)/C(=N\OC(C)=O)c3csc(N)n3)C(=O)N12. The number of thiazole rings is 1. The van der Waals surface area contributed by atoms with Crippen molar-refractivity contribution >= 4 is 69.9 Å². The van der Waals surface area contributed by atoms with Gasteiger partial charge in [0, 0.05) is 37.4 Å². The second kappa shape index (κ2) is 15.5. The summed E-state index contributed by atoms with van der Waals surface area (Å²) in [6, 6.07) is 2.49. The van der Waals surface area contributed by atoms with E-state index in [0.717, 1.165) is 23.8 Å². The molecule has 0 bridgehead atoms. The number of allylic oxidation sites excluding steroid dienone is 1. The van der Waals surface area contributed by atoms with E-state index in [1.54, 1.807) is 30.6 Å². The highest BCUT2D eigenvalue weighted by molar-refractivity contribution is 8.00. The molecule has 0 aliphatic carbocycles. The number of carbonyl (C=O) groups excluding carboxylic acids is 5. The van der Waals surface area contributed by atoms with Crippen LogP contribution in [0, 0.1) is 0 Å². The Labute approximate surface area is 272 Å². The van der Waals surface area contributed by atoms with E-state index in [4.69, 9.17) is 19.9 Å². The molecule has 3 atom stereocenters. The summed E-state index contributed by atoms with van der Waals surface area (Å²) in [5, 5.41) is 7.08. The highest BCUT2D eigenvalue weighted by Crippen LogP contribution is 2.41. The smallest absolute Gasteiger partial charge is 0.431 e. The lowest BCUT2D eigenvalue weighted by Gasteiger charge is -2.49. The van der Waals surface area contributed by atoms with Gasteiger partial charge in [0.1, 0.15) is 28.9 Å². The van der Waals surface area contributed by atoms with Gasteiger partial charge in [0.25, 0.3) is 11.8 Å². The number of fused-ring (bicyclic) bond motifs is 1. The molecule has 0 aromatic carbocycles. The van der Waals surface area contributed by atoms with Gasteiger partial charge < -0.3 is 30.1 Å². The van der Waals surface area contributed by atoms with Crippen LogP contribution in [0.3, 0.4) is 0 Å². The minimum absolute atomic E-state index is 0.0462. The molecule has 1 fully saturated rings. The van der Waals surface area contributed by atoms with E-state index in [1.165, 1.54) is 29.0 Å². The molecule has 2 aromatic rings. The van der Waals surface area contributed by atoms with Crippen LogP contribution in [0.1, 0.15) is 51.8 Å². The first-order valence-corrected chi connectivity index (χ1v) is 16.1. The number of β-lactam (4-membered cyclic amide) rings is 1. The largest absolute Gasteiger partial charge is 0.511 e. The van der Waals surface area contributed by atoms with Crippen molar-refractivity contribution in [2.75, 3.05) is 11.5 Å². The maximum Gasteiger partial charge on any atom is 0.511 e. The van der Waals surface area contributed by atoms with Crippen LogP contribution in [0.2, 0.25) is 0 Å². The first kappa shape index (κ1) is 34.1. The molecule has 244 valence electrons. The van der Waals surface area contributed by atoms with Crippen molar-refractivity contribution in [3.63, 3.8) is 0 Å². The van der Waals surface area contributed by atoms with Crippen LogP contribution in [-0.2, 0) is 38.2 Å². The molecule has 0 spiro atoms. The second-order valence-corrected chi connectivity index (χ2v) is 11.8. The van der Waals surface area contributed by atoms with Crippen molar-refractivity contribution in [1.29, 1.82) is 0 Å². The Morgan fingerprint density at radius 1 is 1.20 bits per heavy atom. The molecular weight excluding hydrogens is 640 g/mol. The van der Waals surface area contributed by atoms with E-state index in [-0.39, 0.29) is 34.1 Å².